The first kappa shape index (κ1) is 14.9. The molecule has 0 radical (unpaired) electrons. The van der Waals surface area contributed by atoms with E-state index in [1.54, 1.807) is 0 Å². The molecule has 0 bridgehead atoms. The number of hydrogen-bond acceptors (Lipinski definition) is 3. The molecule has 1 aliphatic carbocycles. The van der Waals surface area contributed by atoms with Crippen molar-refractivity contribution < 1.29 is 5.11 Å². The number of likely N-dealkylation sites (tertiary alicyclic amines) is 1. The Labute approximate surface area is 136 Å². The number of aryl methyl sites for hydroxylation is 2. The maximum Gasteiger partial charge on any atom is 0.252 e. The van der Waals surface area contributed by atoms with Crippen LogP contribution < -0.4 is 5.56 Å². The summed E-state index contributed by atoms with van der Waals surface area (Å²) in [5, 5.41) is 10.4. The van der Waals surface area contributed by atoms with Gasteiger partial charge in [-0.3, -0.25) is 9.69 Å². The van der Waals surface area contributed by atoms with Crippen LogP contribution in [-0.4, -0.2) is 34.2 Å². The van der Waals surface area contributed by atoms with Crippen LogP contribution in [0.3, 0.4) is 0 Å². The van der Waals surface area contributed by atoms with Crippen molar-refractivity contribution in [1.29, 1.82) is 0 Å². The van der Waals surface area contributed by atoms with Crippen molar-refractivity contribution in [1.82, 2.24) is 9.88 Å². The van der Waals surface area contributed by atoms with Gasteiger partial charge in [-0.15, -0.1) is 0 Å². The van der Waals surface area contributed by atoms with E-state index in [4.69, 9.17) is 0 Å². The van der Waals surface area contributed by atoms with E-state index in [1.807, 2.05) is 0 Å². The number of pyridine rings is 1. The Balaban J connectivity index is 1.66. The average Bonchev–Trinajstić information content (AvgIpc) is 3.15. The topological polar surface area (TPSA) is 56.3 Å². The minimum Gasteiger partial charge on any atom is -0.396 e. The fourth-order valence-electron chi connectivity index (χ4n) is 4.24. The molecule has 0 unspecified atom stereocenters. The second-order valence-corrected chi connectivity index (χ2v) is 6.96. The lowest BCUT2D eigenvalue weighted by Crippen LogP contribution is -2.32. The van der Waals surface area contributed by atoms with E-state index in [2.05, 4.69) is 28.1 Å². The molecule has 1 aliphatic heterocycles. The lowest BCUT2D eigenvalue weighted by molar-refractivity contribution is 0.189. The molecule has 0 spiro atoms. The Morgan fingerprint density at radius 2 is 2.00 bits per heavy atom. The Morgan fingerprint density at radius 1 is 1.17 bits per heavy atom. The highest BCUT2D eigenvalue weighted by Crippen LogP contribution is 2.27. The predicted octanol–water partition coefficient (Wildman–Crippen LogP) is 2.36. The zero-order chi connectivity index (χ0) is 15.8. The van der Waals surface area contributed by atoms with Crippen LogP contribution in [0.5, 0.6) is 0 Å². The van der Waals surface area contributed by atoms with Gasteiger partial charge in [-0.25, -0.2) is 0 Å². The number of nitrogens with one attached hydrogen (secondary N) is 1. The Kier molecular flexibility index (Phi) is 3.95. The summed E-state index contributed by atoms with van der Waals surface area (Å²) in [6, 6.07) is 6.90. The molecule has 2 aliphatic rings. The molecule has 1 aromatic heterocycles. The smallest absolute Gasteiger partial charge is 0.252 e. The molecular weight excluding hydrogens is 288 g/mol. The van der Waals surface area contributed by atoms with Crippen LogP contribution in [-0.2, 0) is 19.4 Å². The quantitative estimate of drug-likeness (QED) is 0.911. The van der Waals surface area contributed by atoms with E-state index < -0.39 is 0 Å². The van der Waals surface area contributed by atoms with Crippen LogP contribution in [0.25, 0.3) is 10.9 Å². The zero-order valence-electron chi connectivity index (χ0n) is 13.5. The van der Waals surface area contributed by atoms with Gasteiger partial charge in [0.1, 0.15) is 0 Å². The number of aromatic amines is 1. The maximum atomic E-state index is 12.5. The van der Waals surface area contributed by atoms with Gasteiger partial charge in [0.05, 0.1) is 0 Å². The van der Waals surface area contributed by atoms with Crippen molar-refractivity contribution in [2.24, 2.45) is 0 Å². The number of rotatable bonds is 4. The Morgan fingerprint density at radius 3 is 2.83 bits per heavy atom. The van der Waals surface area contributed by atoms with Crippen LogP contribution in [0.4, 0.5) is 0 Å². The fourth-order valence-corrected chi connectivity index (χ4v) is 4.24. The lowest BCUT2D eigenvalue weighted by Gasteiger charge is -2.23. The summed E-state index contributed by atoms with van der Waals surface area (Å²) in [6.45, 7) is 1.93. The van der Waals surface area contributed by atoms with Gasteiger partial charge >= 0.3 is 0 Å². The van der Waals surface area contributed by atoms with Crippen molar-refractivity contribution in [2.75, 3.05) is 13.2 Å². The van der Waals surface area contributed by atoms with Gasteiger partial charge < -0.3 is 10.1 Å². The van der Waals surface area contributed by atoms with Crippen molar-refractivity contribution in [3.63, 3.8) is 0 Å². The number of fused-ring (bicyclic) bond motifs is 2. The minimum absolute atomic E-state index is 0.0325. The summed E-state index contributed by atoms with van der Waals surface area (Å²) >= 11 is 0. The molecule has 2 N–H and O–H groups in total. The first-order valence-corrected chi connectivity index (χ1v) is 8.77. The van der Waals surface area contributed by atoms with Crippen molar-refractivity contribution in [3.8, 4) is 0 Å². The summed E-state index contributed by atoms with van der Waals surface area (Å²) in [5.41, 5.74) is 4.68. The summed E-state index contributed by atoms with van der Waals surface area (Å²) in [4.78, 5) is 17.9. The molecule has 4 heteroatoms. The van der Waals surface area contributed by atoms with Crippen LogP contribution in [0.1, 0.15) is 42.4 Å². The third kappa shape index (κ3) is 2.81. The van der Waals surface area contributed by atoms with Gasteiger partial charge in [-0.1, -0.05) is 0 Å². The third-order valence-corrected chi connectivity index (χ3v) is 5.47. The van der Waals surface area contributed by atoms with Gasteiger partial charge in [0.2, 0.25) is 0 Å². The SMILES string of the molecule is O=c1[nH]c2cc3c(cc2cc1CN1CCC[C@@H]1CCO)CCC3. The highest BCUT2D eigenvalue weighted by Gasteiger charge is 2.24. The molecule has 1 atom stereocenters. The fraction of sp³-hybridized carbons (Fsp3) is 0.526. The average molecular weight is 312 g/mol. The van der Waals surface area contributed by atoms with Crippen LogP contribution in [0.15, 0.2) is 23.0 Å². The lowest BCUT2D eigenvalue weighted by atomic mass is 10.0. The minimum atomic E-state index is 0.0325. The van der Waals surface area contributed by atoms with Gasteiger partial charge in [0.15, 0.2) is 0 Å². The van der Waals surface area contributed by atoms with Gasteiger partial charge in [0.25, 0.3) is 5.56 Å². The normalized spacial score (nSPS) is 21.2. The Bertz CT molecular complexity index is 781. The largest absolute Gasteiger partial charge is 0.396 e. The molecule has 2 heterocycles. The summed E-state index contributed by atoms with van der Waals surface area (Å²) in [6.07, 6.45) is 6.59. The molecule has 1 fully saturated rings. The third-order valence-electron chi connectivity index (χ3n) is 5.47. The van der Waals surface area contributed by atoms with Crippen LogP contribution in [0, 0.1) is 0 Å². The number of aromatic nitrogens is 1. The molecule has 4 nitrogen and oxygen atoms in total. The highest BCUT2D eigenvalue weighted by atomic mass is 16.3. The van der Waals surface area contributed by atoms with E-state index in [1.165, 1.54) is 17.5 Å². The van der Waals surface area contributed by atoms with E-state index >= 15 is 0 Å². The van der Waals surface area contributed by atoms with E-state index in [-0.39, 0.29) is 12.2 Å². The summed E-state index contributed by atoms with van der Waals surface area (Å²) in [5.74, 6) is 0. The Hall–Kier alpha value is -1.65. The molecule has 23 heavy (non-hydrogen) atoms. The van der Waals surface area contributed by atoms with Crippen molar-refractivity contribution in [2.45, 2.75) is 51.1 Å². The molecule has 1 aromatic carbocycles. The molecule has 0 amide bonds. The van der Waals surface area contributed by atoms with Crippen molar-refractivity contribution >= 4 is 10.9 Å². The number of aliphatic hydroxyl groups excluding tert-OH is 1. The summed E-state index contributed by atoms with van der Waals surface area (Å²) < 4.78 is 0. The van der Waals surface area contributed by atoms with Gasteiger partial charge in [-0.2, -0.15) is 0 Å². The molecule has 122 valence electrons. The second kappa shape index (κ2) is 6.10. The predicted molar refractivity (Wildman–Crippen MR) is 91.7 cm³/mol. The maximum absolute atomic E-state index is 12.5. The first-order valence-electron chi connectivity index (χ1n) is 8.77. The number of benzene rings is 1. The number of nitrogens with zero attached hydrogens (tertiary/aromatic N) is 1. The van der Waals surface area contributed by atoms with Crippen LogP contribution in [0.2, 0.25) is 0 Å². The standard InChI is InChI=1S/C19H24N2O2/c22-8-6-17-5-2-7-21(17)12-16-10-15-9-13-3-1-4-14(13)11-18(15)20-19(16)23/h9-11,17,22H,1-8,12H2,(H,20,23)/t17-/m1/s1. The van der Waals surface area contributed by atoms with E-state index in [0.717, 1.165) is 55.1 Å². The monoisotopic (exact) mass is 312 g/mol. The molecular formula is C19H24N2O2. The molecule has 2 aromatic rings. The number of aliphatic hydroxyl groups is 1. The highest BCUT2D eigenvalue weighted by molar-refractivity contribution is 5.81. The number of H-pyrrole nitrogens is 1. The van der Waals surface area contributed by atoms with Gasteiger partial charge in [0, 0.05) is 30.3 Å². The molecule has 0 saturated carbocycles. The van der Waals surface area contributed by atoms with Crippen molar-refractivity contribution in [3.05, 3.63) is 45.2 Å². The molecule has 4 rings (SSSR count). The molecule has 1 saturated heterocycles. The second-order valence-electron chi connectivity index (χ2n) is 6.96. The first-order chi connectivity index (χ1) is 11.2. The zero-order valence-corrected chi connectivity index (χ0v) is 13.5. The van der Waals surface area contributed by atoms with Gasteiger partial charge in [-0.05, 0) is 79.8 Å². The van der Waals surface area contributed by atoms with Crippen LogP contribution >= 0.6 is 0 Å². The summed E-state index contributed by atoms with van der Waals surface area (Å²) in [7, 11) is 0. The van der Waals surface area contributed by atoms with E-state index in [9.17, 15) is 9.90 Å². The number of hydrogen-bond donors (Lipinski definition) is 2. The van der Waals surface area contributed by atoms with E-state index in [0.29, 0.717) is 12.6 Å².